The molecule has 3 N–H and O–H groups in total. The molecule has 1 aromatic rings. The number of methoxy groups -OCH3 is 1. The average Bonchev–Trinajstić information content (AvgIpc) is 2.35. The fourth-order valence-electron chi connectivity index (χ4n) is 1.97. The normalized spacial score (nSPS) is 11.3. The maximum Gasteiger partial charge on any atom is 0.407 e. The van der Waals surface area contributed by atoms with Gasteiger partial charge in [-0.3, -0.25) is 0 Å². The van der Waals surface area contributed by atoms with Gasteiger partial charge in [0, 0.05) is 19.2 Å². The first-order valence-electron chi connectivity index (χ1n) is 7.22. The molecule has 0 saturated heterocycles. The van der Waals surface area contributed by atoms with Gasteiger partial charge in [-0.05, 0) is 51.3 Å². The van der Waals surface area contributed by atoms with Crippen LogP contribution in [0.1, 0.15) is 38.3 Å². The number of amides is 1. The van der Waals surface area contributed by atoms with E-state index in [1.807, 2.05) is 0 Å². The lowest BCUT2D eigenvalue weighted by Gasteiger charge is -2.19. The number of nitrogens with one attached hydrogen (secondary N) is 1. The summed E-state index contributed by atoms with van der Waals surface area (Å²) in [5.41, 5.74) is 0.636. The van der Waals surface area contributed by atoms with Crippen LogP contribution in [0.5, 0.6) is 11.5 Å². The summed E-state index contributed by atoms with van der Waals surface area (Å²) in [6, 6.07) is 3.14. The molecule has 1 rings (SSSR count). The predicted molar refractivity (Wildman–Crippen MR) is 83.0 cm³/mol. The molecule has 0 aliphatic heterocycles. The second-order valence-electron chi connectivity index (χ2n) is 6.08. The summed E-state index contributed by atoms with van der Waals surface area (Å²) in [6.07, 6.45) is 0.543. The van der Waals surface area contributed by atoms with Gasteiger partial charge in [0.15, 0.2) is 0 Å². The molecule has 1 amide bonds. The molecule has 1 aromatic carbocycles. The SMILES string of the molecule is COCc1cc(O)c(CCCNC(=O)OC(C)(C)C)c(O)c1. The minimum absolute atomic E-state index is 0.0318. The number of benzene rings is 1. The van der Waals surface area contributed by atoms with Gasteiger partial charge in [0.05, 0.1) is 6.61 Å². The number of ether oxygens (including phenoxy) is 2. The lowest BCUT2D eigenvalue weighted by atomic mass is 10.0. The van der Waals surface area contributed by atoms with Gasteiger partial charge in [0.25, 0.3) is 0 Å². The first kappa shape index (κ1) is 18.1. The summed E-state index contributed by atoms with van der Waals surface area (Å²) >= 11 is 0. The number of hydrogen-bond donors (Lipinski definition) is 3. The van der Waals surface area contributed by atoms with Crippen LogP contribution in [0.3, 0.4) is 0 Å². The van der Waals surface area contributed by atoms with E-state index >= 15 is 0 Å². The predicted octanol–water partition coefficient (Wildman–Crippen LogP) is 2.70. The molecule has 0 spiro atoms. The van der Waals surface area contributed by atoms with E-state index in [0.717, 1.165) is 0 Å². The summed E-state index contributed by atoms with van der Waals surface area (Å²) in [5.74, 6) is 0.0636. The summed E-state index contributed by atoms with van der Waals surface area (Å²) < 4.78 is 10.1. The van der Waals surface area contributed by atoms with Gasteiger partial charge in [-0.1, -0.05) is 0 Å². The second-order valence-corrected chi connectivity index (χ2v) is 6.08. The van der Waals surface area contributed by atoms with E-state index in [2.05, 4.69) is 5.32 Å². The molecule has 0 aliphatic rings. The van der Waals surface area contributed by atoms with Crippen molar-refractivity contribution in [3.63, 3.8) is 0 Å². The van der Waals surface area contributed by atoms with Gasteiger partial charge in [-0.15, -0.1) is 0 Å². The van der Waals surface area contributed by atoms with Gasteiger partial charge < -0.3 is 25.0 Å². The van der Waals surface area contributed by atoms with Crippen LogP contribution in [0.2, 0.25) is 0 Å². The minimum atomic E-state index is -0.530. The zero-order valence-corrected chi connectivity index (χ0v) is 13.6. The highest BCUT2D eigenvalue weighted by molar-refractivity contribution is 5.67. The molecule has 6 heteroatoms. The molecular formula is C16H25NO5. The standard InChI is InChI=1S/C16H25NO5/c1-16(2,3)22-15(20)17-7-5-6-12-13(18)8-11(10-21-4)9-14(12)19/h8-9,18-19H,5-7,10H2,1-4H3,(H,17,20). The Hall–Kier alpha value is -1.95. The fraction of sp³-hybridized carbons (Fsp3) is 0.562. The maximum absolute atomic E-state index is 11.5. The summed E-state index contributed by atoms with van der Waals surface area (Å²) in [4.78, 5) is 11.5. The Morgan fingerprint density at radius 3 is 2.32 bits per heavy atom. The first-order valence-corrected chi connectivity index (χ1v) is 7.22. The van der Waals surface area contributed by atoms with Crippen LogP contribution in [0.4, 0.5) is 4.79 Å². The Morgan fingerprint density at radius 2 is 1.82 bits per heavy atom. The minimum Gasteiger partial charge on any atom is -0.508 e. The second kappa shape index (κ2) is 7.89. The van der Waals surface area contributed by atoms with E-state index in [4.69, 9.17) is 9.47 Å². The van der Waals surface area contributed by atoms with Crippen LogP contribution in [-0.2, 0) is 22.5 Å². The highest BCUT2D eigenvalue weighted by Gasteiger charge is 2.15. The topological polar surface area (TPSA) is 88.0 Å². The monoisotopic (exact) mass is 311 g/mol. The quantitative estimate of drug-likeness (QED) is 0.703. The van der Waals surface area contributed by atoms with E-state index in [1.54, 1.807) is 40.0 Å². The van der Waals surface area contributed by atoms with Crippen molar-refractivity contribution in [2.75, 3.05) is 13.7 Å². The van der Waals surface area contributed by atoms with Crippen LogP contribution in [0, 0.1) is 0 Å². The molecule has 0 bridgehead atoms. The van der Waals surface area contributed by atoms with Crippen molar-refractivity contribution in [2.24, 2.45) is 0 Å². The first-order chi connectivity index (χ1) is 10.2. The molecular weight excluding hydrogens is 286 g/mol. The number of phenols is 2. The number of rotatable bonds is 6. The molecule has 0 aromatic heterocycles. The number of carbonyl (C=O) groups is 1. The van der Waals surface area contributed by atoms with Crippen molar-refractivity contribution in [3.05, 3.63) is 23.3 Å². The zero-order chi connectivity index (χ0) is 16.8. The molecule has 0 fully saturated rings. The number of alkyl carbamates (subject to hydrolysis) is 1. The lowest BCUT2D eigenvalue weighted by Crippen LogP contribution is -2.33. The van der Waals surface area contributed by atoms with E-state index < -0.39 is 11.7 Å². The van der Waals surface area contributed by atoms with E-state index in [1.165, 1.54) is 0 Å². The summed E-state index contributed by atoms with van der Waals surface area (Å²) in [5, 5.41) is 22.5. The third-order valence-electron chi connectivity index (χ3n) is 2.85. The number of hydrogen-bond acceptors (Lipinski definition) is 5. The fourth-order valence-corrected chi connectivity index (χ4v) is 1.97. The maximum atomic E-state index is 11.5. The van der Waals surface area contributed by atoms with Crippen LogP contribution in [-0.4, -0.2) is 35.6 Å². The molecule has 0 radical (unpaired) electrons. The van der Waals surface area contributed by atoms with Crippen molar-refractivity contribution in [1.82, 2.24) is 5.32 Å². The van der Waals surface area contributed by atoms with Crippen LogP contribution in [0.15, 0.2) is 12.1 Å². The Balaban J connectivity index is 2.47. The molecule has 0 aliphatic carbocycles. The molecule has 0 heterocycles. The van der Waals surface area contributed by atoms with Crippen molar-refractivity contribution >= 4 is 6.09 Å². The molecule has 0 atom stereocenters. The zero-order valence-electron chi connectivity index (χ0n) is 13.6. The lowest BCUT2D eigenvalue weighted by molar-refractivity contribution is 0.0527. The molecule has 0 saturated carbocycles. The van der Waals surface area contributed by atoms with Crippen molar-refractivity contribution in [3.8, 4) is 11.5 Å². The van der Waals surface area contributed by atoms with Crippen molar-refractivity contribution < 1.29 is 24.5 Å². The van der Waals surface area contributed by atoms with Gasteiger partial charge in [0.1, 0.15) is 17.1 Å². The third kappa shape index (κ3) is 6.22. The summed E-state index contributed by atoms with van der Waals surface area (Å²) in [6.45, 7) is 6.11. The molecule has 22 heavy (non-hydrogen) atoms. The Kier molecular flexibility index (Phi) is 6.49. The third-order valence-corrected chi connectivity index (χ3v) is 2.85. The average molecular weight is 311 g/mol. The highest BCUT2D eigenvalue weighted by atomic mass is 16.6. The van der Waals surface area contributed by atoms with E-state index in [0.29, 0.717) is 37.1 Å². The summed E-state index contributed by atoms with van der Waals surface area (Å²) in [7, 11) is 1.55. The van der Waals surface area contributed by atoms with Crippen LogP contribution >= 0.6 is 0 Å². The van der Waals surface area contributed by atoms with Crippen molar-refractivity contribution in [2.45, 2.75) is 45.8 Å². The van der Waals surface area contributed by atoms with Gasteiger partial charge in [0.2, 0.25) is 0 Å². The van der Waals surface area contributed by atoms with Crippen LogP contribution < -0.4 is 5.32 Å². The Bertz CT molecular complexity index is 485. The van der Waals surface area contributed by atoms with E-state index in [9.17, 15) is 15.0 Å². The molecule has 0 unspecified atom stereocenters. The van der Waals surface area contributed by atoms with Gasteiger partial charge >= 0.3 is 6.09 Å². The number of aromatic hydroxyl groups is 2. The smallest absolute Gasteiger partial charge is 0.407 e. The Labute approximate surface area is 131 Å². The van der Waals surface area contributed by atoms with Gasteiger partial charge in [-0.25, -0.2) is 4.79 Å². The molecule has 6 nitrogen and oxygen atoms in total. The van der Waals surface area contributed by atoms with Crippen molar-refractivity contribution in [1.29, 1.82) is 0 Å². The molecule has 124 valence electrons. The Morgan fingerprint density at radius 1 is 1.23 bits per heavy atom. The van der Waals surface area contributed by atoms with E-state index in [-0.39, 0.29) is 11.5 Å². The largest absolute Gasteiger partial charge is 0.508 e. The number of phenolic OH excluding ortho intramolecular Hbond substituents is 2. The number of carbonyl (C=O) groups excluding carboxylic acids is 1. The highest BCUT2D eigenvalue weighted by Crippen LogP contribution is 2.30. The van der Waals surface area contributed by atoms with Gasteiger partial charge in [-0.2, -0.15) is 0 Å². The van der Waals surface area contributed by atoms with Crippen LogP contribution in [0.25, 0.3) is 0 Å².